The summed E-state index contributed by atoms with van der Waals surface area (Å²) in [6, 6.07) is 3.38. The van der Waals surface area contributed by atoms with Crippen molar-refractivity contribution in [3.63, 3.8) is 0 Å². The van der Waals surface area contributed by atoms with Crippen LogP contribution in [0.15, 0.2) is 18.3 Å². The van der Waals surface area contributed by atoms with Gasteiger partial charge in [-0.3, -0.25) is 4.79 Å². The van der Waals surface area contributed by atoms with Crippen LogP contribution in [0, 0.1) is 6.92 Å². The minimum atomic E-state index is -0.539. The lowest BCUT2D eigenvalue weighted by Crippen LogP contribution is -2.11. The van der Waals surface area contributed by atoms with Crippen LogP contribution >= 0.6 is 0 Å². The molecule has 2 aromatic rings. The molecule has 5 heteroatoms. The Labute approximate surface area is 74.2 Å². The van der Waals surface area contributed by atoms with Crippen LogP contribution < -0.4 is 5.73 Å². The molecule has 2 rings (SSSR count). The highest BCUT2D eigenvalue weighted by atomic mass is 16.1. The molecule has 13 heavy (non-hydrogen) atoms. The van der Waals surface area contributed by atoms with Crippen LogP contribution in [-0.2, 0) is 0 Å². The topological polar surface area (TPSA) is 73.3 Å². The van der Waals surface area contributed by atoms with Crippen LogP contribution in [0.4, 0.5) is 0 Å². The van der Waals surface area contributed by atoms with Gasteiger partial charge in [0.15, 0.2) is 11.3 Å². The number of hydrogen-bond donors (Lipinski definition) is 1. The monoisotopic (exact) mass is 176 g/mol. The van der Waals surface area contributed by atoms with E-state index in [1.165, 1.54) is 4.52 Å². The van der Waals surface area contributed by atoms with Gasteiger partial charge in [-0.25, -0.2) is 9.50 Å². The molecule has 0 atom stereocenters. The lowest BCUT2D eigenvalue weighted by Gasteiger charge is -1.91. The number of rotatable bonds is 1. The van der Waals surface area contributed by atoms with Crippen molar-refractivity contribution < 1.29 is 4.79 Å². The Bertz CT molecular complexity index is 474. The number of carbonyl (C=O) groups is 1. The summed E-state index contributed by atoms with van der Waals surface area (Å²) in [7, 11) is 0. The van der Waals surface area contributed by atoms with Gasteiger partial charge in [0.05, 0.1) is 0 Å². The molecule has 0 unspecified atom stereocenters. The summed E-state index contributed by atoms with van der Waals surface area (Å²) in [5, 5.41) is 3.93. The molecule has 2 N–H and O–H groups in total. The number of nitrogens with two attached hydrogens (primary N) is 1. The third-order valence-electron chi connectivity index (χ3n) is 1.72. The van der Waals surface area contributed by atoms with Crippen molar-refractivity contribution in [3.05, 3.63) is 29.7 Å². The highest BCUT2D eigenvalue weighted by Gasteiger charge is 2.06. The standard InChI is InChI=1S/C8H8N4O/c1-5-2-3-12-7(10-5)4-6(11-12)8(9)13/h2-4H,1H3,(H2,9,13). The highest BCUT2D eigenvalue weighted by molar-refractivity contribution is 5.91. The second kappa shape index (κ2) is 2.55. The Kier molecular flexibility index (Phi) is 1.51. The van der Waals surface area contributed by atoms with Crippen molar-refractivity contribution in [2.24, 2.45) is 5.73 Å². The van der Waals surface area contributed by atoms with Gasteiger partial charge >= 0.3 is 0 Å². The molecule has 0 saturated heterocycles. The predicted molar refractivity (Wildman–Crippen MR) is 46.2 cm³/mol. The molecule has 1 amide bonds. The zero-order valence-corrected chi connectivity index (χ0v) is 7.06. The van der Waals surface area contributed by atoms with Crippen LogP contribution in [0.3, 0.4) is 0 Å². The molecule has 2 heterocycles. The molecule has 0 radical (unpaired) electrons. The SMILES string of the molecule is Cc1ccn2nc(C(N)=O)cc2n1. The summed E-state index contributed by atoms with van der Waals surface area (Å²) in [5.41, 5.74) is 6.82. The van der Waals surface area contributed by atoms with Gasteiger partial charge < -0.3 is 5.73 Å². The first-order chi connectivity index (χ1) is 6.16. The minimum Gasteiger partial charge on any atom is -0.364 e. The zero-order valence-electron chi connectivity index (χ0n) is 7.06. The number of carbonyl (C=O) groups excluding carboxylic acids is 1. The Balaban J connectivity index is 2.68. The summed E-state index contributed by atoms with van der Waals surface area (Å²) >= 11 is 0. The first-order valence-electron chi connectivity index (χ1n) is 3.79. The van der Waals surface area contributed by atoms with E-state index < -0.39 is 5.91 Å². The van der Waals surface area contributed by atoms with E-state index in [2.05, 4.69) is 10.1 Å². The van der Waals surface area contributed by atoms with Gasteiger partial charge in [-0.15, -0.1) is 0 Å². The predicted octanol–water partition coefficient (Wildman–Crippen LogP) is 0.137. The van der Waals surface area contributed by atoms with Gasteiger partial charge in [0.25, 0.3) is 5.91 Å². The van der Waals surface area contributed by atoms with Crippen molar-refractivity contribution in [1.82, 2.24) is 14.6 Å². The van der Waals surface area contributed by atoms with E-state index in [9.17, 15) is 4.79 Å². The maximum atomic E-state index is 10.8. The van der Waals surface area contributed by atoms with Gasteiger partial charge in [0.1, 0.15) is 0 Å². The first kappa shape index (κ1) is 7.72. The minimum absolute atomic E-state index is 0.234. The summed E-state index contributed by atoms with van der Waals surface area (Å²) < 4.78 is 1.52. The fourth-order valence-electron chi connectivity index (χ4n) is 1.09. The van der Waals surface area contributed by atoms with E-state index in [0.29, 0.717) is 5.65 Å². The smallest absolute Gasteiger partial charge is 0.269 e. The molecule has 66 valence electrons. The van der Waals surface area contributed by atoms with E-state index in [1.807, 2.05) is 13.0 Å². The Hall–Kier alpha value is -1.91. The van der Waals surface area contributed by atoms with Gasteiger partial charge in [-0.05, 0) is 13.0 Å². The number of amides is 1. The normalized spacial score (nSPS) is 10.5. The lowest BCUT2D eigenvalue weighted by atomic mass is 10.4. The summed E-state index contributed by atoms with van der Waals surface area (Å²) in [5.74, 6) is -0.539. The van der Waals surface area contributed by atoms with Crippen LogP contribution in [0.25, 0.3) is 5.65 Å². The van der Waals surface area contributed by atoms with Gasteiger partial charge in [-0.2, -0.15) is 5.10 Å². The molecule has 0 aliphatic carbocycles. The van der Waals surface area contributed by atoms with Crippen LogP contribution in [0.1, 0.15) is 16.2 Å². The van der Waals surface area contributed by atoms with Crippen molar-refractivity contribution in [2.45, 2.75) is 6.92 Å². The quantitative estimate of drug-likeness (QED) is 0.671. The number of fused-ring (bicyclic) bond motifs is 1. The van der Waals surface area contributed by atoms with E-state index >= 15 is 0 Å². The molecule has 0 aliphatic heterocycles. The second-order valence-electron chi connectivity index (χ2n) is 2.77. The summed E-state index contributed by atoms with van der Waals surface area (Å²) in [6.45, 7) is 1.87. The molecule has 2 aromatic heterocycles. The van der Waals surface area contributed by atoms with Gasteiger partial charge in [0, 0.05) is 18.0 Å². The Morgan fingerprint density at radius 3 is 3.08 bits per heavy atom. The molecule has 0 aliphatic rings. The van der Waals surface area contributed by atoms with Crippen molar-refractivity contribution >= 4 is 11.6 Å². The maximum Gasteiger partial charge on any atom is 0.269 e. The average molecular weight is 176 g/mol. The van der Waals surface area contributed by atoms with Crippen LogP contribution in [0.5, 0.6) is 0 Å². The molecule has 5 nitrogen and oxygen atoms in total. The number of primary amides is 1. The maximum absolute atomic E-state index is 10.8. The van der Waals surface area contributed by atoms with E-state index in [4.69, 9.17) is 5.73 Å². The van der Waals surface area contributed by atoms with Gasteiger partial charge in [0.2, 0.25) is 0 Å². The molecule has 0 bridgehead atoms. The van der Waals surface area contributed by atoms with Crippen LogP contribution in [-0.4, -0.2) is 20.5 Å². The number of aryl methyl sites for hydroxylation is 1. The summed E-state index contributed by atoms with van der Waals surface area (Å²) in [6.07, 6.45) is 1.74. The first-order valence-corrected chi connectivity index (χ1v) is 3.79. The molecular weight excluding hydrogens is 168 g/mol. The Morgan fingerprint density at radius 1 is 1.62 bits per heavy atom. The van der Waals surface area contributed by atoms with Crippen molar-refractivity contribution in [3.8, 4) is 0 Å². The number of aromatic nitrogens is 3. The van der Waals surface area contributed by atoms with E-state index in [0.717, 1.165) is 5.69 Å². The molecule has 0 fully saturated rings. The third-order valence-corrected chi connectivity index (χ3v) is 1.72. The lowest BCUT2D eigenvalue weighted by molar-refractivity contribution is 0.0995. The molecule has 0 spiro atoms. The molecule has 0 aromatic carbocycles. The van der Waals surface area contributed by atoms with Gasteiger partial charge in [-0.1, -0.05) is 0 Å². The van der Waals surface area contributed by atoms with Crippen molar-refractivity contribution in [1.29, 1.82) is 0 Å². The molecule has 0 saturated carbocycles. The Morgan fingerprint density at radius 2 is 2.38 bits per heavy atom. The largest absolute Gasteiger partial charge is 0.364 e. The number of nitrogens with zero attached hydrogens (tertiary/aromatic N) is 3. The fourth-order valence-corrected chi connectivity index (χ4v) is 1.09. The fraction of sp³-hybridized carbons (Fsp3) is 0.125. The van der Waals surface area contributed by atoms with E-state index in [1.54, 1.807) is 12.3 Å². The van der Waals surface area contributed by atoms with E-state index in [-0.39, 0.29) is 5.69 Å². The molecular formula is C8H8N4O. The number of hydrogen-bond acceptors (Lipinski definition) is 3. The van der Waals surface area contributed by atoms with Crippen molar-refractivity contribution in [2.75, 3.05) is 0 Å². The highest BCUT2D eigenvalue weighted by Crippen LogP contribution is 2.03. The van der Waals surface area contributed by atoms with Crippen LogP contribution in [0.2, 0.25) is 0 Å². The third kappa shape index (κ3) is 1.24. The average Bonchev–Trinajstić information content (AvgIpc) is 2.46. The second-order valence-corrected chi connectivity index (χ2v) is 2.77. The zero-order chi connectivity index (χ0) is 9.42. The summed E-state index contributed by atoms with van der Waals surface area (Å²) in [4.78, 5) is 14.9.